The van der Waals surface area contributed by atoms with Crippen LogP contribution in [-0.2, 0) is 0 Å². The van der Waals surface area contributed by atoms with Crippen LogP contribution in [0.4, 0.5) is 23.2 Å². The van der Waals surface area contributed by atoms with Gasteiger partial charge in [0.2, 0.25) is 0 Å². The molecule has 1 unspecified atom stereocenters. The van der Waals surface area contributed by atoms with Gasteiger partial charge in [-0.05, 0) is 38.0 Å². The molecule has 1 nitrogen and oxygen atoms in total. The van der Waals surface area contributed by atoms with Crippen molar-refractivity contribution in [2.24, 2.45) is 0 Å². The Balaban J connectivity index is 2.44. The quantitative estimate of drug-likeness (QED) is 0.749. The first-order valence-corrected chi connectivity index (χ1v) is 5.94. The van der Waals surface area contributed by atoms with Gasteiger partial charge in [0.05, 0.1) is 10.7 Å². The molecule has 1 aromatic rings. The van der Waals surface area contributed by atoms with Crippen LogP contribution in [0.2, 0.25) is 5.02 Å². The second-order valence-electron chi connectivity index (χ2n) is 4.18. The van der Waals surface area contributed by atoms with E-state index in [1.54, 1.807) is 6.92 Å². The monoisotopic (exact) mass is 283 g/mol. The van der Waals surface area contributed by atoms with E-state index in [1.165, 1.54) is 18.2 Å². The molecule has 1 N–H and O–H groups in total. The first-order chi connectivity index (χ1) is 8.28. The van der Waals surface area contributed by atoms with Crippen LogP contribution in [0.3, 0.4) is 0 Å². The van der Waals surface area contributed by atoms with Crippen LogP contribution >= 0.6 is 11.6 Å². The summed E-state index contributed by atoms with van der Waals surface area (Å²) in [6.07, 6.45) is -4.57. The molecule has 0 aromatic heterocycles. The van der Waals surface area contributed by atoms with Crippen molar-refractivity contribution in [2.45, 2.75) is 38.4 Å². The number of halogens is 5. The largest absolute Gasteiger partial charge is 0.389 e. The van der Waals surface area contributed by atoms with E-state index < -0.39 is 18.4 Å². The van der Waals surface area contributed by atoms with E-state index >= 15 is 0 Å². The van der Waals surface area contributed by atoms with E-state index in [-0.39, 0.29) is 12.5 Å². The van der Waals surface area contributed by atoms with E-state index in [0.29, 0.717) is 17.1 Å². The summed E-state index contributed by atoms with van der Waals surface area (Å²) in [5.74, 6) is -0.440. The normalized spacial score (nSPS) is 13.4. The maximum atomic E-state index is 13.0. The van der Waals surface area contributed by atoms with Crippen LogP contribution in [0.25, 0.3) is 0 Å². The Morgan fingerprint density at radius 3 is 2.61 bits per heavy atom. The molecule has 6 heteroatoms. The van der Waals surface area contributed by atoms with Crippen LogP contribution < -0.4 is 5.32 Å². The molecule has 0 amide bonds. The minimum atomic E-state index is -4.13. The van der Waals surface area contributed by atoms with Crippen LogP contribution in [0.1, 0.15) is 26.2 Å². The van der Waals surface area contributed by atoms with Gasteiger partial charge in [-0.15, -0.1) is 0 Å². The summed E-state index contributed by atoms with van der Waals surface area (Å²) >= 11 is 5.84. The molecule has 1 aromatic carbocycles. The van der Waals surface area contributed by atoms with Gasteiger partial charge in [-0.25, -0.2) is 4.39 Å². The summed E-state index contributed by atoms with van der Waals surface area (Å²) in [6.45, 7) is 1.73. The van der Waals surface area contributed by atoms with E-state index in [1.807, 2.05) is 0 Å². The summed E-state index contributed by atoms with van der Waals surface area (Å²) in [5, 5.41) is 3.24. The molecule has 0 aliphatic heterocycles. The van der Waals surface area contributed by atoms with Gasteiger partial charge in [-0.3, -0.25) is 0 Å². The zero-order valence-electron chi connectivity index (χ0n) is 9.82. The van der Waals surface area contributed by atoms with Crippen molar-refractivity contribution in [3.05, 3.63) is 29.0 Å². The molecule has 0 saturated carbocycles. The van der Waals surface area contributed by atoms with Crippen molar-refractivity contribution in [3.8, 4) is 0 Å². The second kappa shape index (κ2) is 6.27. The van der Waals surface area contributed by atoms with Crippen LogP contribution in [0.15, 0.2) is 18.2 Å². The molecule has 0 saturated heterocycles. The van der Waals surface area contributed by atoms with Gasteiger partial charge in [0.15, 0.2) is 0 Å². The lowest BCUT2D eigenvalue weighted by Gasteiger charge is -2.16. The standard InChI is InChI=1S/C12H14ClF4N/c1-8(3-2-6-12(15,16)17)18-11-7-9(14)4-5-10(11)13/h4-5,7-8,18H,2-3,6H2,1H3. The van der Waals surface area contributed by atoms with Crippen molar-refractivity contribution in [1.82, 2.24) is 0 Å². The van der Waals surface area contributed by atoms with Crippen molar-refractivity contribution in [1.29, 1.82) is 0 Å². The smallest absolute Gasteiger partial charge is 0.381 e. The van der Waals surface area contributed by atoms with E-state index in [0.717, 1.165) is 0 Å². The average molecular weight is 284 g/mol. The lowest BCUT2D eigenvalue weighted by molar-refractivity contribution is -0.135. The number of hydrogen-bond acceptors (Lipinski definition) is 1. The maximum Gasteiger partial charge on any atom is 0.389 e. The van der Waals surface area contributed by atoms with Gasteiger partial charge >= 0.3 is 6.18 Å². The molecular weight excluding hydrogens is 270 g/mol. The Bertz CT molecular complexity index is 392. The predicted octanol–water partition coefficient (Wildman–Crippen LogP) is 5.01. The van der Waals surface area contributed by atoms with Gasteiger partial charge in [-0.2, -0.15) is 13.2 Å². The van der Waals surface area contributed by atoms with Crippen LogP contribution in [-0.4, -0.2) is 12.2 Å². The highest BCUT2D eigenvalue weighted by Crippen LogP contribution is 2.26. The molecule has 1 atom stereocenters. The van der Waals surface area contributed by atoms with Crippen LogP contribution in [0, 0.1) is 5.82 Å². The lowest BCUT2D eigenvalue weighted by Crippen LogP contribution is -2.17. The Labute approximate surface area is 108 Å². The minimum absolute atomic E-state index is 0.0323. The fraction of sp³-hybridized carbons (Fsp3) is 0.500. The molecule has 1 rings (SSSR count). The Kier molecular flexibility index (Phi) is 5.26. The molecule has 0 heterocycles. The lowest BCUT2D eigenvalue weighted by atomic mass is 10.1. The summed E-state index contributed by atoms with van der Waals surface area (Å²) in [6, 6.07) is 3.65. The number of alkyl halides is 3. The zero-order chi connectivity index (χ0) is 13.8. The minimum Gasteiger partial charge on any atom is -0.381 e. The predicted molar refractivity (Wildman–Crippen MR) is 64.4 cm³/mol. The number of rotatable bonds is 5. The second-order valence-corrected chi connectivity index (χ2v) is 4.58. The highest BCUT2D eigenvalue weighted by atomic mass is 35.5. The highest BCUT2D eigenvalue weighted by Gasteiger charge is 2.26. The summed E-state index contributed by atoms with van der Waals surface area (Å²) < 4.78 is 48.8. The molecule has 18 heavy (non-hydrogen) atoms. The Hall–Kier alpha value is -0.970. The van der Waals surface area contributed by atoms with Crippen molar-refractivity contribution >= 4 is 17.3 Å². The van der Waals surface area contributed by atoms with E-state index in [9.17, 15) is 17.6 Å². The molecule has 102 valence electrons. The highest BCUT2D eigenvalue weighted by molar-refractivity contribution is 6.33. The number of anilines is 1. The van der Waals surface area contributed by atoms with Gasteiger partial charge in [0.25, 0.3) is 0 Å². The first-order valence-electron chi connectivity index (χ1n) is 5.56. The third-order valence-corrected chi connectivity index (χ3v) is 2.76. The Morgan fingerprint density at radius 2 is 2.00 bits per heavy atom. The molecule has 0 radical (unpaired) electrons. The van der Waals surface area contributed by atoms with Gasteiger partial charge in [0.1, 0.15) is 5.82 Å². The van der Waals surface area contributed by atoms with E-state index in [4.69, 9.17) is 11.6 Å². The fourth-order valence-corrected chi connectivity index (χ4v) is 1.73. The van der Waals surface area contributed by atoms with Gasteiger partial charge < -0.3 is 5.32 Å². The van der Waals surface area contributed by atoms with Gasteiger partial charge in [0, 0.05) is 12.5 Å². The summed E-state index contributed by atoms with van der Waals surface area (Å²) in [4.78, 5) is 0. The molecule has 0 aliphatic carbocycles. The number of hydrogen-bond donors (Lipinski definition) is 1. The maximum absolute atomic E-state index is 13.0. The molecular formula is C12H14ClF4N. The van der Waals surface area contributed by atoms with Crippen molar-refractivity contribution in [2.75, 3.05) is 5.32 Å². The Morgan fingerprint density at radius 1 is 1.33 bits per heavy atom. The van der Waals surface area contributed by atoms with Gasteiger partial charge in [-0.1, -0.05) is 11.6 Å². The molecule has 0 spiro atoms. The summed E-state index contributed by atoms with van der Waals surface area (Å²) in [5.41, 5.74) is 0.399. The molecule has 0 fully saturated rings. The average Bonchev–Trinajstić information content (AvgIpc) is 2.21. The fourth-order valence-electron chi connectivity index (χ4n) is 1.55. The van der Waals surface area contributed by atoms with Crippen LogP contribution in [0.5, 0.6) is 0 Å². The molecule has 0 aliphatic rings. The van der Waals surface area contributed by atoms with Crippen molar-refractivity contribution < 1.29 is 17.6 Å². The third-order valence-electron chi connectivity index (χ3n) is 2.43. The topological polar surface area (TPSA) is 12.0 Å². The third kappa shape index (κ3) is 5.58. The van der Waals surface area contributed by atoms with Crippen molar-refractivity contribution in [3.63, 3.8) is 0 Å². The molecule has 0 bridgehead atoms. The summed E-state index contributed by atoms with van der Waals surface area (Å²) in [7, 11) is 0. The zero-order valence-corrected chi connectivity index (χ0v) is 10.6. The SMILES string of the molecule is CC(CCCC(F)(F)F)Nc1cc(F)ccc1Cl. The van der Waals surface area contributed by atoms with E-state index in [2.05, 4.69) is 5.32 Å². The number of nitrogens with one attached hydrogen (secondary N) is 1. The number of benzene rings is 1. The first kappa shape index (κ1) is 15.1.